The number of rotatable bonds is 7. The Morgan fingerprint density at radius 2 is 1.80 bits per heavy atom. The molecule has 0 radical (unpaired) electrons. The number of likely N-dealkylation sites (N-methyl/N-ethyl adjacent to an activating group) is 1. The van der Waals surface area contributed by atoms with E-state index in [4.69, 9.17) is 5.73 Å². The van der Waals surface area contributed by atoms with E-state index in [2.05, 4.69) is 36.1 Å². The van der Waals surface area contributed by atoms with E-state index in [0.717, 1.165) is 58.1 Å². The molecule has 12 nitrogen and oxygen atoms in total. The van der Waals surface area contributed by atoms with Gasteiger partial charge in [0.15, 0.2) is 5.54 Å². The number of hydrogen-bond donors (Lipinski definition) is 2. The molecule has 14 heteroatoms. The summed E-state index contributed by atoms with van der Waals surface area (Å²) in [5.74, 6) is -0.530. The van der Waals surface area contributed by atoms with Gasteiger partial charge >= 0.3 is 0 Å². The quantitative estimate of drug-likeness (QED) is 0.298. The monoisotopic (exact) mass is 624 g/mol. The summed E-state index contributed by atoms with van der Waals surface area (Å²) >= 11 is 0. The molecule has 1 saturated carbocycles. The molecule has 2 aliphatic carbocycles. The van der Waals surface area contributed by atoms with Crippen LogP contribution in [-0.4, -0.2) is 89.2 Å². The van der Waals surface area contributed by atoms with Crippen LogP contribution >= 0.6 is 0 Å². The van der Waals surface area contributed by atoms with Crippen LogP contribution in [0.1, 0.15) is 37.3 Å². The third kappa shape index (κ3) is 5.62. The Balaban J connectivity index is 1.35. The maximum atomic E-state index is 16.1. The molecule has 0 bridgehead atoms. The summed E-state index contributed by atoms with van der Waals surface area (Å²) in [7, 11) is -1.82. The molecule has 1 aromatic carbocycles. The number of sulfonamides is 1. The highest BCUT2D eigenvalue weighted by molar-refractivity contribution is 7.88. The lowest BCUT2D eigenvalue weighted by atomic mass is 9.80. The van der Waals surface area contributed by atoms with Crippen LogP contribution in [0.15, 0.2) is 55.0 Å². The molecule has 3 heterocycles. The van der Waals surface area contributed by atoms with E-state index in [1.807, 2.05) is 6.20 Å². The number of piperazine rings is 1. The smallest absolute Gasteiger partial charge is 0.258 e. The molecule has 44 heavy (non-hydrogen) atoms. The molecule has 3 aromatic rings. The fourth-order valence-electron chi connectivity index (χ4n) is 7.08. The van der Waals surface area contributed by atoms with Crippen molar-refractivity contribution in [3.05, 3.63) is 76.5 Å². The molecule has 3 N–H and O–H groups in total. The lowest BCUT2D eigenvalue weighted by molar-refractivity contribution is -0.520. The highest BCUT2D eigenvalue weighted by Crippen LogP contribution is 2.41. The van der Waals surface area contributed by atoms with E-state index in [1.165, 1.54) is 42.8 Å². The highest BCUT2D eigenvalue weighted by Gasteiger charge is 2.49. The molecule has 234 valence electrons. The fraction of sp³-hybridized carbons (Fsp3) is 0.467. The number of aromatic nitrogens is 3. The number of allylic oxidation sites excluding steroid dienone is 2. The van der Waals surface area contributed by atoms with Crippen molar-refractivity contribution in [1.29, 1.82) is 0 Å². The molecule has 2 fully saturated rings. The molecule has 2 unspecified atom stereocenters. The van der Waals surface area contributed by atoms with E-state index in [0.29, 0.717) is 28.2 Å². The maximum Gasteiger partial charge on any atom is 0.258 e. The molecule has 1 aliphatic heterocycles. The van der Waals surface area contributed by atoms with Crippen molar-refractivity contribution in [2.75, 3.05) is 45.2 Å². The minimum Gasteiger partial charge on any atom is -0.383 e. The van der Waals surface area contributed by atoms with E-state index in [-0.39, 0.29) is 17.4 Å². The average Bonchev–Trinajstić information content (AvgIpc) is 3.38. The van der Waals surface area contributed by atoms with Crippen molar-refractivity contribution >= 4 is 26.9 Å². The SMILES string of the molecule is CN1CCN(C2CCC(n3cc(-c4ccc(C5(NS(C)(=O)=O)C=CC=CC5[N+](=O)[O-])c(F)c4)c4c(N)ncnc43)CC2)CC1. The zero-order chi connectivity index (χ0) is 31.2. The van der Waals surface area contributed by atoms with Crippen molar-refractivity contribution in [3.8, 4) is 11.1 Å². The fourth-order valence-corrected chi connectivity index (χ4v) is 7.99. The molecule has 6 rings (SSSR count). The lowest BCUT2D eigenvalue weighted by Crippen LogP contribution is -2.55. The Bertz CT molecular complexity index is 1740. The van der Waals surface area contributed by atoms with Crippen molar-refractivity contribution in [3.63, 3.8) is 0 Å². The second-order valence-corrected chi connectivity index (χ2v) is 13.9. The van der Waals surface area contributed by atoms with Gasteiger partial charge in [0.2, 0.25) is 10.0 Å². The van der Waals surface area contributed by atoms with Crippen molar-refractivity contribution in [1.82, 2.24) is 29.1 Å². The molecule has 0 spiro atoms. The summed E-state index contributed by atoms with van der Waals surface area (Å²) in [6.07, 6.45) is 13.8. The van der Waals surface area contributed by atoms with Crippen LogP contribution in [0.25, 0.3) is 22.2 Å². The van der Waals surface area contributed by atoms with Gasteiger partial charge in [-0.3, -0.25) is 15.0 Å². The van der Waals surface area contributed by atoms with Crippen LogP contribution in [0, 0.1) is 15.9 Å². The number of benzene rings is 1. The van der Waals surface area contributed by atoms with E-state index in [1.54, 1.807) is 6.07 Å². The summed E-state index contributed by atoms with van der Waals surface area (Å²) in [6.45, 7) is 4.34. The maximum absolute atomic E-state index is 16.1. The molecule has 2 atom stereocenters. The van der Waals surface area contributed by atoms with Crippen LogP contribution in [0.3, 0.4) is 0 Å². The first-order valence-electron chi connectivity index (χ1n) is 14.8. The first kappa shape index (κ1) is 30.3. The first-order valence-corrected chi connectivity index (χ1v) is 16.7. The summed E-state index contributed by atoms with van der Waals surface area (Å²) < 4.78 is 45.3. The summed E-state index contributed by atoms with van der Waals surface area (Å²) in [5.41, 5.74) is 6.03. The number of anilines is 1. The first-order chi connectivity index (χ1) is 21.0. The molecule has 0 amide bonds. The number of halogens is 1. The van der Waals surface area contributed by atoms with Crippen LogP contribution in [-0.2, 0) is 15.6 Å². The third-order valence-corrected chi connectivity index (χ3v) is 10.00. The standard InChI is InChI=1S/C30H37FN8O4S/c1-36-13-15-37(16-14-36)21-7-9-22(10-8-21)38-18-23(27-28(32)33-19-34-29(27)38)20-6-11-24(25(31)17-20)30(35-44(2,42)43)12-4-3-5-26(30)39(40)41/h3-6,11-12,17-19,21-22,26,35H,7-10,13-16H2,1-2H3,(H2,32,33,34). The summed E-state index contributed by atoms with van der Waals surface area (Å²) in [6, 6.07) is 3.48. The van der Waals surface area contributed by atoms with E-state index < -0.39 is 32.3 Å². The van der Waals surface area contributed by atoms with Gasteiger partial charge in [0.1, 0.15) is 23.6 Å². The van der Waals surface area contributed by atoms with Crippen LogP contribution in [0.5, 0.6) is 0 Å². The van der Waals surface area contributed by atoms with Gasteiger partial charge in [0.05, 0.1) is 11.6 Å². The van der Waals surface area contributed by atoms with Crippen molar-refractivity contribution in [2.24, 2.45) is 0 Å². The molecule has 1 saturated heterocycles. The predicted octanol–water partition coefficient (Wildman–Crippen LogP) is 3.07. The minimum atomic E-state index is -3.98. The van der Waals surface area contributed by atoms with Crippen molar-refractivity contribution in [2.45, 2.75) is 49.3 Å². The minimum absolute atomic E-state index is 0.163. The highest BCUT2D eigenvalue weighted by atomic mass is 32.2. The van der Waals surface area contributed by atoms with Gasteiger partial charge in [-0.2, -0.15) is 4.72 Å². The number of nitrogen functional groups attached to an aromatic ring is 1. The van der Waals surface area contributed by atoms with Gasteiger partial charge in [0.25, 0.3) is 6.04 Å². The van der Waals surface area contributed by atoms with E-state index in [9.17, 15) is 18.5 Å². The van der Waals surface area contributed by atoms with Gasteiger partial charge < -0.3 is 15.2 Å². The Morgan fingerprint density at radius 1 is 1.09 bits per heavy atom. The second kappa shape index (κ2) is 11.7. The van der Waals surface area contributed by atoms with Gasteiger partial charge in [-0.1, -0.05) is 30.4 Å². The van der Waals surface area contributed by atoms with Crippen LogP contribution in [0.4, 0.5) is 10.2 Å². The Hall–Kier alpha value is -3.72. The third-order valence-electron chi connectivity index (χ3n) is 9.29. The molecular weight excluding hydrogens is 587 g/mol. The number of nitro groups is 1. The number of nitrogens with two attached hydrogens (primary N) is 1. The van der Waals surface area contributed by atoms with Crippen molar-refractivity contribution < 1.29 is 17.7 Å². The Kier molecular flexibility index (Phi) is 8.03. The van der Waals surface area contributed by atoms with Crippen LogP contribution < -0.4 is 10.5 Å². The van der Waals surface area contributed by atoms with E-state index >= 15 is 4.39 Å². The number of fused-ring (bicyclic) bond motifs is 1. The zero-order valence-electron chi connectivity index (χ0n) is 24.8. The molecular formula is C30H37FN8O4S. The summed E-state index contributed by atoms with van der Waals surface area (Å²) in [5, 5.41) is 12.6. The average molecular weight is 625 g/mol. The topological polar surface area (TPSA) is 153 Å². The predicted molar refractivity (Wildman–Crippen MR) is 166 cm³/mol. The normalized spacial score (nSPS) is 26.8. The number of hydrogen-bond acceptors (Lipinski definition) is 9. The van der Waals surface area contributed by atoms with Gasteiger partial charge in [-0.15, -0.1) is 0 Å². The molecule has 3 aliphatic rings. The summed E-state index contributed by atoms with van der Waals surface area (Å²) in [4.78, 5) is 25.1. The lowest BCUT2D eigenvalue weighted by Gasteiger charge is -2.41. The number of nitrogens with one attached hydrogen (secondary N) is 1. The second-order valence-electron chi connectivity index (χ2n) is 12.1. The van der Waals surface area contributed by atoms with Gasteiger partial charge in [0, 0.05) is 60.5 Å². The zero-order valence-corrected chi connectivity index (χ0v) is 25.6. The van der Waals surface area contributed by atoms with Gasteiger partial charge in [-0.25, -0.2) is 22.8 Å². The number of nitrogens with zero attached hydrogens (tertiary/aromatic N) is 6. The Morgan fingerprint density at radius 3 is 2.45 bits per heavy atom. The van der Waals surface area contributed by atoms with Crippen LogP contribution in [0.2, 0.25) is 0 Å². The van der Waals surface area contributed by atoms with Gasteiger partial charge in [-0.05, 0) is 50.4 Å². The Labute approximate surface area is 255 Å². The molecule has 2 aromatic heterocycles. The largest absolute Gasteiger partial charge is 0.383 e.